The Hall–Kier alpha value is -3.38. The van der Waals surface area contributed by atoms with Gasteiger partial charge >= 0.3 is 0 Å². The highest BCUT2D eigenvalue weighted by molar-refractivity contribution is 5.94. The molecule has 6 heteroatoms. The SMILES string of the molecule is Cc1cccc(OCC(O)CNC(=O)c2ccc(-c3cccc(C)c3)[nH]c2=O)c1. The van der Waals surface area contributed by atoms with Gasteiger partial charge in [0.05, 0.1) is 0 Å². The first kappa shape index (κ1) is 20.4. The molecule has 1 unspecified atom stereocenters. The monoisotopic (exact) mass is 392 g/mol. The third-order valence-electron chi connectivity index (χ3n) is 4.41. The molecule has 0 saturated heterocycles. The van der Waals surface area contributed by atoms with Crippen molar-refractivity contribution in [3.8, 4) is 17.0 Å². The third kappa shape index (κ3) is 5.56. The molecule has 1 amide bonds. The molecule has 0 spiro atoms. The van der Waals surface area contributed by atoms with Gasteiger partial charge in [0.1, 0.15) is 24.0 Å². The average Bonchev–Trinajstić information content (AvgIpc) is 2.70. The summed E-state index contributed by atoms with van der Waals surface area (Å²) in [5, 5.41) is 12.6. The van der Waals surface area contributed by atoms with Crippen LogP contribution in [-0.2, 0) is 0 Å². The molecular weight excluding hydrogens is 368 g/mol. The van der Waals surface area contributed by atoms with Crippen LogP contribution < -0.4 is 15.6 Å². The number of aliphatic hydroxyl groups is 1. The number of aromatic amines is 1. The summed E-state index contributed by atoms with van der Waals surface area (Å²) in [6, 6.07) is 18.4. The van der Waals surface area contributed by atoms with E-state index in [1.54, 1.807) is 12.1 Å². The molecule has 0 saturated carbocycles. The summed E-state index contributed by atoms with van der Waals surface area (Å²) in [6.45, 7) is 3.93. The van der Waals surface area contributed by atoms with Gasteiger partial charge in [-0.05, 0) is 55.3 Å². The highest BCUT2D eigenvalue weighted by Crippen LogP contribution is 2.17. The maximum Gasteiger partial charge on any atom is 0.261 e. The first-order valence-corrected chi connectivity index (χ1v) is 9.38. The number of carbonyl (C=O) groups excluding carboxylic acids is 1. The van der Waals surface area contributed by atoms with E-state index in [1.165, 1.54) is 6.07 Å². The Bertz CT molecular complexity index is 1060. The molecule has 0 bridgehead atoms. The van der Waals surface area contributed by atoms with Gasteiger partial charge in [0.15, 0.2) is 0 Å². The van der Waals surface area contributed by atoms with Gasteiger partial charge in [-0.25, -0.2) is 0 Å². The maximum absolute atomic E-state index is 12.3. The van der Waals surface area contributed by atoms with E-state index in [-0.39, 0.29) is 18.7 Å². The van der Waals surface area contributed by atoms with Crippen LogP contribution in [0.2, 0.25) is 0 Å². The molecule has 1 atom stereocenters. The van der Waals surface area contributed by atoms with Gasteiger partial charge in [0.2, 0.25) is 0 Å². The van der Waals surface area contributed by atoms with Crippen LogP contribution in [0.15, 0.2) is 65.5 Å². The average molecular weight is 392 g/mol. The van der Waals surface area contributed by atoms with Gasteiger partial charge < -0.3 is 20.1 Å². The number of aliphatic hydroxyl groups excluding tert-OH is 1. The molecule has 3 aromatic rings. The Balaban J connectivity index is 1.57. The van der Waals surface area contributed by atoms with E-state index in [9.17, 15) is 14.7 Å². The molecule has 0 aliphatic rings. The number of hydrogen-bond acceptors (Lipinski definition) is 4. The lowest BCUT2D eigenvalue weighted by Gasteiger charge is -2.13. The van der Waals surface area contributed by atoms with Crippen LogP contribution >= 0.6 is 0 Å². The van der Waals surface area contributed by atoms with Crippen molar-refractivity contribution in [3.63, 3.8) is 0 Å². The van der Waals surface area contributed by atoms with Crippen LogP contribution in [-0.4, -0.2) is 35.3 Å². The lowest BCUT2D eigenvalue weighted by atomic mass is 10.1. The van der Waals surface area contributed by atoms with Gasteiger partial charge in [-0.15, -0.1) is 0 Å². The number of carbonyl (C=O) groups is 1. The fourth-order valence-electron chi connectivity index (χ4n) is 2.90. The second-order valence-corrected chi connectivity index (χ2v) is 6.98. The molecule has 0 aliphatic carbocycles. The lowest BCUT2D eigenvalue weighted by Crippen LogP contribution is -2.37. The molecule has 29 heavy (non-hydrogen) atoms. The van der Waals surface area contributed by atoms with Crippen LogP contribution in [0.1, 0.15) is 21.5 Å². The van der Waals surface area contributed by atoms with Gasteiger partial charge in [0.25, 0.3) is 11.5 Å². The minimum atomic E-state index is -0.898. The van der Waals surface area contributed by atoms with Crippen LogP contribution in [0.5, 0.6) is 5.75 Å². The predicted octanol–water partition coefficient (Wildman–Crippen LogP) is 2.83. The van der Waals surface area contributed by atoms with Crippen molar-refractivity contribution >= 4 is 5.91 Å². The van der Waals surface area contributed by atoms with E-state index >= 15 is 0 Å². The third-order valence-corrected chi connectivity index (χ3v) is 4.41. The summed E-state index contributed by atoms with van der Waals surface area (Å²) >= 11 is 0. The number of aromatic nitrogens is 1. The topological polar surface area (TPSA) is 91.4 Å². The number of pyridine rings is 1. The van der Waals surface area contributed by atoms with Crippen molar-refractivity contribution in [2.24, 2.45) is 0 Å². The van der Waals surface area contributed by atoms with Gasteiger partial charge in [-0.3, -0.25) is 9.59 Å². The Morgan fingerprint density at radius 3 is 2.48 bits per heavy atom. The fourth-order valence-corrected chi connectivity index (χ4v) is 2.90. The first-order chi connectivity index (χ1) is 13.9. The minimum absolute atomic E-state index is 0.00629. The zero-order chi connectivity index (χ0) is 20.8. The second kappa shape index (κ2) is 9.21. The first-order valence-electron chi connectivity index (χ1n) is 9.38. The molecule has 1 heterocycles. The van der Waals surface area contributed by atoms with Crippen LogP contribution in [0, 0.1) is 13.8 Å². The Labute approximate surface area is 169 Å². The van der Waals surface area contributed by atoms with E-state index < -0.39 is 17.6 Å². The summed E-state index contributed by atoms with van der Waals surface area (Å²) in [5.41, 5.74) is 3.16. The van der Waals surface area contributed by atoms with Crippen molar-refractivity contribution < 1.29 is 14.6 Å². The summed E-state index contributed by atoms with van der Waals surface area (Å²) < 4.78 is 5.52. The van der Waals surface area contributed by atoms with Crippen molar-refractivity contribution in [1.82, 2.24) is 10.3 Å². The highest BCUT2D eigenvalue weighted by Gasteiger charge is 2.14. The largest absolute Gasteiger partial charge is 0.491 e. The molecule has 6 nitrogen and oxygen atoms in total. The van der Waals surface area contributed by atoms with Crippen LogP contribution in [0.4, 0.5) is 0 Å². The number of aryl methyl sites for hydroxylation is 2. The predicted molar refractivity (Wildman–Crippen MR) is 112 cm³/mol. The van der Waals surface area contributed by atoms with Crippen molar-refractivity contribution in [2.75, 3.05) is 13.2 Å². The molecule has 0 radical (unpaired) electrons. The molecule has 0 fully saturated rings. The smallest absolute Gasteiger partial charge is 0.261 e. The Kier molecular flexibility index (Phi) is 6.46. The van der Waals surface area contributed by atoms with Gasteiger partial charge in [0, 0.05) is 12.2 Å². The zero-order valence-corrected chi connectivity index (χ0v) is 16.4. The van der Waals surface area contributed by atoms with Crippen molar-refractivity contribution in [3.05, 3.63) is 87.7 Å². The number of ether oxygens (including phenoxy) is 1. The summed E-state index contributed by atoms with van der Waals surface area (Å²) in [4.78, 5) is 27.4. The second-order valence-electron chi connectivity index (χ2n) is 6.98. The Morgan fingerprint density at radius 1 is 1.07 bits per heavy atom. The van der Waals surface area contributed by atoms with Gasteiger partial charge in [-0.2, -0.15) is 0 Å². The number of rotatable bonds is 7. The molecule has 2 aromatic carbocycles. The molecule has 1 aromatic heterocycles. The minimum Gasteiger partial charge on any atom is -0.491 e. The number of benzene rings is 2. The van der Waals surface area contributed by atoms with Crippen molar-refractivity contribution in [1.29, 1.82) is 0 Å². The van der Waals surface area contributed by atoms with Gasteiger partial charge in [-0.1, -0.05) is 35.9 Å². The van der Waals surface area contributed by atoms with Crippen LogP contribution in [0.25, 0.3) is 11.3 Å². The molecule has 0 aliphatic heterocycles. The van der Waals surface area contributed by atoms with E-state index in [0.29, 0.717) is 11.4 Å². The standard InChI is InChI=1S/C23H24N2O4/c1-15-5-3-7-17(11-15)21-10-9-20(23(28)25-21)22(27)24-13-18(26)14-29-19-8-4-6-16(2)12-19/h3-12,18,26H,13-14H2,1-2H3,(H,24,27)(H,25,28). The molecular formula is C23H24N2O4. The number of H-pyrrole nitrogens is 1. The number of nitrogens with one attached hydrogen (secondary N) is 2. The Morgan fingerprint density at radius 2 is 1.79 bits per heavy atom. The van der Waals surface area contributed by atoms with E-state index in [2.05, 4.69) is 10.3 Å². The fraction of sp³-hybridized carbons (Fsp3) is 0.217. The molecule has 3 N–H and O–H groups in total. The summed E-state index contributed by atoms with van der Waals surface area (Å²) in [7, 11) is 0. The maximum atomic E-state index is 12.3. The summed E-state index contributed by atoms with van der Waals surface area (Å²) in [5.74, 6) is 0.107. The van der Waals surface area contributed by atoms with E-state index in [1.807, 2.05) is 56.3 Å². The van der Waals surface area contributed by atoms with Crippen molar-refractivity contribution in [2.45, 2.75) is 20.0 Å². The van der Waals surface area contributed by atoms with E-state index in [4.69, 9.17) is 4.74 Å². The zero-order valence-electron chi connectivity index (χ0n) is 16.4. The highest BCUT2D eigenvalue weighted by atomic mass is 16.5. The number of amides is 1. The number of hydrogen-bond donors (Lipinski definition) is 3. The molecule has 150 valence electrons. The molecule has 3 rings (SSSR count). The quantitative estimate of drug-likeness (QED) is 0.577. The summed E-state index contributed by atoms with van der Waals surface area (Å²) in [6.07, 6.45) is -0.898. The van der Waals surface area contributed by atoms with Crippen LogP contribution in [0.3, 0.4) is 0 Å². The van der Waals surface area contributed by atoms with E-state index in [0.717, 1.165) is 16.7 Å². The normalized spacial score (nSPS) is 11.7. The lowest BCUT2D eigenvalue weighted by molar-refractivity contribution is 0.0842.